The summed E-state index contributed by atoms with van der Waals surface area (Å²) >= 11 is 0. The fourth-order valence-electron chi connectivity index (χ4n) is 2.25. The lowest BCUT2D eigenvalue weighted by Gasteiger charge is -2.12. The molecule has 0 saturated carbocycles. The number of phenolic OH excluding ortho intramolecular Hbond substituents is 1. The molecule has 0 aliphatic carbocycles. The van der Waals surface area contributed by atoms with E-state index in [0.29, 0.717) is 0 Å². The van der Waals surface area contributed by atoms with Crippen molar-refractivity contribution >= 4 is 17.4 Å². The standard InChI is InChI=1S/C16H12N4O4/c1-8(21)11-3-9(5-17)12(4-13(11)22)20-7-10(6-18)14(19)15(20)16(23)24-2/h3-4,7,22H,19H2,1-2H3. The van der Waals surface area contributed by atoms with Crippen LogP contribution in [0.25, 0.3) is 5.69 Å². The normalized spacial score (nSPS) is 9.83. The van der Waals surface area contributed by atoms with E-state index in [1.165, 1.54) is 23.8 Å². The molecule has 120 valence electrons. The van der Waals surface area contributed by atoms with E-state index in [4.69, 9.17) is 11.0 Å². The zero-order valence-corrected chi connectivity index (χ0v) is 12.8. The summed E-state index contributed by atoms with van der Waals surface area (Å²) in [6.07, 6.45) is 1.25. The minimum atomic E-state index is -0.812. The van der Waals surface area contributed by atoms with Gasteiger partial charge >= 0.3 is 5.97 Å². The summed E-state index contributed by atoms with van der Waals surface area (Å²) in [6.45, 7) is 1.25. The summed E-state index contributed by atoms with van der Waals surface area (Å²) < 4.78 is 5.84. The van der Waals surface area contributed by atoms with Gasteiger partial charge in [-0.2, -0.15) is 10.5 Å². The van der Waals surface area contributed by atoms with E-state index in [0.717, 1.165) is 13.2 Å². The molecule has 2 aromatic rings. The number of ketones is 1. The molecular formula is C16H12N4O4. The summed E-state index contributed by atoms with van der Waals surface area (Å²) in [5.41, 5.74) is 5.62. The number of nitrogens with zero attached hydrogens (tertiary/aromatic N) is 3. The van der Waals surface area contributed by atoms with Crippen molar-refractivity contribution in [1.29, 1.82) is 10.5 Å². The van der Waals surface area contributed by atoms with Gasteiger partial charge in [-0.3, -0.25) is 4.79 Å². The van der Waals surface area contributed by atoms with Gasteiger partial charge in [0.25, 0.3) is 0 Å². The van der Waals surface area contributed by atoms with Crippen LogP contribution in [0.4, 0.5) is 5.69 Å². The van der Waals surface area contributed by atoms with Gasteiger partial charge in [0, 0.05) is 12.3 Å². The van der Waals surface area contributed by atoms with Crippen molar-refractivity contribution in [2.45, 2.75) is 6.92 Å². The number of rotatable bonds is 3. The molecule has 0 amide bonds. The highest BCUT2D eigenvalue weighted by Crippen LogP contribution is 2.30. The molecule has 8 nitrogen and oxygen atoms in total. The molecule has 1 heterocycles. The number of nitrogens with two attached hydrogens (primary N) is 1. The molecule has 24 heavy (non-hydrogen) atoms. The Morgan fingerprint density at radius 2 is 1.88 bits per heavy atom. The molecule has 0 aliphatic heterocycles. The van der Waals surface area contributed by atoms with Crippen molar-refractivity contribution in [3.8, 4) is 23.6 Å². The lowest BCUT2D eigenvalue weighted by Crippen LogP contribution is -2.12. The molecule has 0 radical (unpaired) electrons. The molecule has 0 spiro atoms. The number of aromatic nitrogens is 1. The molecule has 0 unspecified atom stereocenters. The number of aromatic hydroxyl groups is 1. The number of ether oxygens (including phenoxy) is 1. The van der Waals surface area contributed by atoms with Crippen LogP contribution in [-0.4, -0.2) is 28.5 Å². The molecule has 8 heteroatoms. The molecule has 1 aromatic heterocycles. The fraction of sp³-hybridized carbons (Fsp3) is 0.125. The maximum atomic E-state index is 12.0. The van der Waals surface area contributed by atoms with Crippen LogP contribution in [0, 0.1) is 22.7 Å². The van der Waals surface area contributed by atoms with Gasteiger partial charge in [-0.15, -0.1) is 0 Å². The van der Waals surface area contributed by atoms with Crippen LogP contribution in [0.3, 0.4) is 0 Å². The summed E-state index contributed by atoms with van der Waals surface area (Å²) in [4.78, 5) is 23.5. The first kappa shape index (κ1) is 16.6. The van der Waals surface area contributed by atoms with Gasteiger partial charge in [0.15, 0.2) is 11.5 Å². The number of benzene rings is 1. The number of carbonyl (C=O) groups is 2. The molecule has 2 rings (SSSR count). The molecule has 3 N–H and O–H groups in total. The van der Waals surface area contributed by atoms with Crippen molar-refractivity contribution in [3.63, 3.8) is 0 Å². The van der Waals surface area contributed by atoms with Gasteiger partial charge in [0.2, 0.25) is 0 Å². The van der Waals surface area contributed by atoms with Gasteiger partial charge in [-0.05, 0) is 13.0 Å². The monoisotopic (exact) mass is 324 g/mol. The number of esters is 1. The Kier molecular flexibility index (Phi) is 4.25. The van der Waals surface area contributed by atoms with E-state index in [9.17, 15) is 20.0 Å². The average molecular weight is 324 g/mol. The lowest BCUT2D eigenvalue weighted by molar-refractivity contribution is 0.0592. The number of carbonyl (C=O) groups excluding carboxylic acids is 2. The second-order valence-electron chi connectivity index (χ2n) is 4.83. The van der Waals surface area contributed by atoms with Crippen LogP contribution in [0.5, 0.6) is 5.75 Å². The Bertz CT molecular complexity index is 944. The maximum absolute atomic E-state index is 12.0. The van der Waals surface area contributed by atoms with Crippen LogP contribution in [0.2, 0.25) is 0 Å². The first-order valence-electron chi connectivity index (χ1n) is 6.63. The quantitative estimate of drug-likeness (QED) is 0.643. The van der Waals surface area contributed by atoms with Crippen molar-refractivity contribution < 1.29 is 19.4 Å². The number of anilines is 1. The van der Waals surface area contributed by atoms with Gasteiger partial charge in [0.1, 0.15) is 17.9 Å². The number of Topliss-reactive ketones (excluding diaryl/α,β-unsaturated/α-hetero) is 1. The van der Waals surface area contributed by atoms with Gasteiger partial charge in [0.05, 0.1) is 35.2 Å². The van der Waals surface area contributed by atoms with E-state index in [2.05, 4.69) is 4.74 Å². The topological polar surface area (TPSA) is 142 Å². The zero-order valence-electron chi connectivity index (χ0n) is 12.8. The Hall–Kier alpha value is -3.78. The molecule has 0 atom stereocenters. The van der Waals surface area contributed by atoms with Gasteiger partial charge < -0.3 is 20.1 Å². The summed E-state index contributed by atoms with van der Waals surface area (Å²) in [5.74, 6) is -1.60. The third-order valence-electron chi connectivity index (χ3n) is 3.42. The summed E-state index contributed by atoms with van der Waals surface area (Å²) in [6, 6.07) is 6.08. The highest BCUT2D eigenvalue weighted by atomic mass is 16.5. The van der Waals surface area contributed by atoms with Crippen molar-refractivity contribution in [2.75, 3.05) is 12.8 Å². The lowest BCUT2D eigenvalue weighted by atomic mass is 10.0. The smallest absolute Gasteiger partial charge is 0.357 e. The van der Waals surface area contributed by atoms with Crippen molar-refractivity contribution in [1.82, 2.24) is 4.57 Å². The van der Waals surface area contributed by atoms with Gasteiger partial charge in [-0.25, -0.2) is 4.79 Å². The van der Waals surface area contributed by atoms with Crippen LogP contribution < -0.4 is 5.73 Å². The number of methoxy groups -OCH3 is 1. The van der Waals surface area contributed by atoms with E-state index >= 15 is 0 Å². The summed E-state index contributed by atoms with van der Waals surface area (Å²) in [5, 5.41) is 28.4. The predicted octanol–water partition coefficient (Wildman–Crippen LogP) is 1.50. The van der Waals surface area contributed by atoms with E-state index in [1.807, 2.05) is 12.1 Å². The Morgan fingerprint density at radius 3 is 2.38 bits per heavy atom. The Morgan fingerprint density at radius 1 is 1.25 bits per heavy atom. The Labute approximate surface area is 136 Å². The summed E-state index contributed by atoms with van der Waals surface area (Å²) in [7, 11) is 1.15. The number of hydrogen-bond donors (Lipinski definition) is 2. The number of phenols is 1. The highest BCUT2D eigenvalue weighted by Gasteiger charge is 2.24. The predicted molar refractivity (Wildman–Crippen MR) is 82.6 cm³/mol. The van der Waals surface area contributed by atoms with Crippen LogP contribution in [0.15, 0.2) is 18.3 Å². The molecule has 0 saturated heterocycles. The molecule has 0 fully saturated rings. The minimum Gasteiger partial charge on any atom is -0.507 e. The molecule has 0 aliphatic rings. The zero-order chi connectivity index (χ0) is 18.0. The van der Waals surface area contributed by atoms with E-state index in [-0.39, 0.29) is 39.5 Å². The van der Waals surface area contributed by atoms with E-state index < -0.39 is 11.8 Å². The third-order valence-corrected chi connectivity index (χ3v) is 3.42. The number of nitrogen functional groups attached to an aromatic ring is 1. The average Bonchev–Trinajstić information content (AvgIpc) is 2.89. The van der Waals surface area contributed by atoms with Crippen LogP contribution in [-0.2, 0) is 4.74 Å². The number of hydrogen-bond acceptors (Lipinski definition) is 7. The minimum absolute atomic E-state index is 0.00873. The second kappa shape index (κ2) is 6.15. The van der Waals surface area contributed by atoms with Crippen LogP contribution >= 0.6 is 0 Å². The molecular weight excluding hydrogens is 312 g/mol. The number of nitriles is 2. The van der Waals surface area contributed by atoms with Gasteiger partial charge in [-0.1, -0.05) is 0 Å². The maximum Gasteiger partial charge on any atom is 0.357 e. The first-order chi connectivity index (χ1) is 11.3. The fourth-order valence-corrected chi connectivity index (χ4v) is 2.25. The Balaban J connectivity index is 2.85. The SMILES string of the molecule is COC(=O)c1c(N)c(C#N)cn1-c1cc(O)c(C(C)=O)cc1C#N. The second-order valence-corrected chi connectivity index (χ2v) is 4.83. The first-order valence-corrected chi connectivity index (χ1v) is 6.63. The van der Waals surface area contributed by atoms with Crippen molar-refractivity contribution in [3.05, 3.63) is 40.7 Å². The van der Waals surface area contributed by atoms with Crippen molar-refractivity contribution in [2.24, 2.45) is 0 Å². The van der Waals surface area contributed by atoms with Crippen LogP contribution in [0.1, 0.15) is 38.9 Å². The molecule has 1 aromatic carbocycles. The largest absolute Gasteiger partial charge is 0.507 e. The highest BCUT2D eigenvalue weighted by molar-refractivity contribution is 5.98. The third kappa shape index (κ3) is 2.53. The van der Waals surface area contributed by atoms with E-state index in [1.54, 1.807) is 0 Å². The molecule has 0 bridgehead atoms.